The lowest BCUT2D eigenvalue weighted by molar-refractivity contribution is 0.0697. The molecule has 0 atom stereocenters. The van der Waals surface area contributed by atoms with Crippen molar-refractivity contribution in [3.8, 4) is 22.5 Å². The molecule has 0 aromatic heterocycles. The van der Waals surface area contributed by atoms with Crippen molar-refractivity contribution < 1.29 is 19.1 Å². The van der Waals surface area contributed by atoms with Gasteiger partial charge in [0, 0.05) is 48.4 Å². The lowest BCUT2D eigenvalue weighted by atomic mass is 9.90. The lowest BCUT2D eigenvalue weighted by Crippen LogP contribution is -2.21. The Labute approximate surface area is 184 Å². The average molecular weight is 428 g/mol. The summed E-state index contributed by atoms with van der Waals surface area (Å²) < 4.78 is 8.26. The molecular formula is C25H22N3O4+. The highest BCUT2D eigenvalue weighted by molar-refractivity contribution is 6.08. The zero-order chi connectivity index (χ0) is 23.0. The van der Waals surface area contributed by atoms with Crippen LogP contribution in [0.15, 0.2) is 64.0 Å². The maximum Gasteiger partial charge on any atom is 0.336 e. The van der Waals surface area contributed by atoms with Crippen molar-refractivity contribution in [2.24, 2.45) is 4.99 Å². The summed E-state index contributed by atoms with van der Waals surface area (Å²) in [7, 11) is 7.79. The molecule has 2 aliphatic rings. The molecule has 0 amide bonds. The number of rotatable bonds is 4. The monoisotopic (exact) mass is 428 g/mol. The number of carboxylic acids is 1. The molecule has 160 valence electrons. The van der Waals surface area contributed by atoms with Crippen LogP contribution in [0, 0.1) is 0 Å². The topological polar surface area (TPSA) is 86.1 Å². The van der Waals surface area contributed by atoms with Crippen LogP contribution in [0.4, 0.5) is 11.4 Å². The fraction of sp³-hybridized carbons (Fsp3) is 0.160. The van der Waals surface area contributed by atoms with E-state index in [4.69, 9.17) is 4.42 Å². The van der Waals surface area contributed by atoms with Gasteiger partial charge in [-0.3, -0.25) is 0 Å². The number of carbonyl (C=O) groups is 1. The molecule has 4 rings (SSSR count). The molecule has 7 nitrogen and oxygen atoms in total. The molecule has 32 heavy (non-hydrogen) atoms. The fourth-order valence-electron chi connectivity index (χ4n) is 3.76. The molecule has 0 spiro atoms. The van der Waals surface area contributed by atoms with Crippen LogP contribution < -0.4 is 14.8 Å². The van der Waals surface area contributed by atoms with Crippen LogP contribution in [0.5, 0.6) is 0 Å². The van der Waals surface area contributed by atoms with Crippen LogP contribution in [0.3, 0.4) is 0 Å². The van der Waals surface area contributed by atoms with Gasteiger partial charge in [-0.15, -0.1) is 0 Å². The predicted molar refractivity (Wildman–Crippen MR) is 124 cm³/mol. The minimum absolute atomic E-state index is 0.0451. The normalized spacial score (nSPS) is 10.8. The zero-order valence-electron chi connectivity index (χ0n) is 18.2. The van der Waals surface area contributed by atoms with Crippen LogP contribution in [0.25, 0.3) is 33.4 Å². The Kier molecular flexibility index (Phi) is 5.34. The second kappa shape index (κ2) is 8.13. The first kappa shape index (κ1) is 21.0. The SMILES string of the molecule is CN(C)c1ccc2c(-c3ccc(N=C=O)cc3C(=O)O)c3ccc(=[N+](C)C)cc-3oc2c1. The first-order valence-electron chi connectivity index (χ1n) is 9.94. The molecule has 1 aliphatic carbocycles. The molecule has 2 aromatic carbocycles. The van der Waals surface area contributed by atoms with Crippen LogP contribution in [0.1, 0.15) is 10.4 Å². The Morgan fingerprint density at radius 3 is 2.44 bits per heavy atom. The van der Waals surface area contributed by atoms with Gasteiger partial charge in [-0.25, -0.2) is 14.2 Å². The van der Waals surface area contributed by atoms with Crippen molar-refractivity contribution in [1.29, 1.82) is 0 Å². The smallest absolute Gasteiger partial charge is 0.336 e. The molecular weight excluding hydrogens is 406 g/mol. The Morgan fingerprint density at radius 1 is 1.03 bits per heavy atom. The first-order valence-corrected chi connectivity index (χ1v) is 9.94. The highest BCUT2D eigenvalue weighted by Crippen LogP contribution is 2.42. The largest absolute Gasteiger partial charge is 0.478 e. The van der Waals surface area contributed by atoms with Gasteiger partial charge < -0.3 is 14.4 Å². The number of anilines is 1. The van der Waals surface area contributed by atoms with Crippen LogP contribution in [-0.4, -0.2) is 45.3 Å². The van der Waals surface area contributed by atoms with Crippen molar-refractivity contribution in [3.05, 3.63) is 65.5 Å². The van der Waals surface area contributed by atoms with E-state index in [1.54, 1.807) is 12.1 Å². The van der Waals surface area contributed by atoms with Crippen molar-refractivity contribution >= 4 is 34.4 Å². The summed E-state index contributed by atoms with van der Waals surface area (Å²) in [5.74, 6) is -0.471. The van der Waals surface area contributed by atoms with Crippen molar-refractivity contribution in [3.63, 3.8) is 0 Å². The maximum atomic E-state index is 12.1. The van der Waals surface area contributed by atoms with E-state index in [9.17, 15) is 14.7 Å². The summed E-state index contributed by atoms with van der Waals surface area (Å²) in [6.07, 6.45) is 1.46. The number of nitrogens with zero attached hydrogens (tertiary/aromatic N) is 3. The summed E-state index contributed by atoms with van der Waals surface area (Å²) >= 11 is 0. The fourth-order valence-corrected chi connectivity index (χ4v) is 3.76. The van der Waals surface area contributed by atoms with Gasteiger partial charge in [0.15, 0.2) is 0 Å². The van der Waals surface area contributed by atoms with Gasteiger partial charge in [-0.1, -0.05) is 6.07 Å². The van der Waals surface area contributed by atoms with E-state index in [0.29, 0.717) is 16.9 Å². The van der Waals surface area contributed by atoms with E-state index in [2.05, 4.69) is 4.99 Å². The van der Waals surface area contributed by atoms with Crippen molar-refractivity contribution in [2.45, 2.75) is 0 Å². The number of benzene rings is 3. The van der Waals surface area contributed by atoms with Gasteiger partial charge >= 0.3 is 5.97 Å². The average Bonchev–Trinajstić information content (AvgIpc) is 2.76. The van der Waals surface area contributed by atoms with E-state index in [0.717, 1.165) is 27.6 Å². The Balaban J connectivity index is 2.17. The van der Waals surface area contributed by atoms with Gasteiger partial charge in [-0.05, 0) is 35.9 Å². The second-order valence-electron chi connectivity index (χ2n) is 7.86. The summed E-state index contributed by atoms with van der Waals surface area (Å²) in [6, 6.07) is 16.3. The quantitative estimate of drug-likeness (QED) is 0.230. The number of carbonyl (C=O) groups excluding carboxylic acids is 1. The zero-order valence-corrected chi connectivity index (χ0v) is 18.2. The van der Waals surface area contributed by atoms with E-state index >= 15 is 0 Å². The number of aromatic carboxylic acids is 1. The molecule has 2 aromatic rings. The molecule has 0 saturated heterocycles. The highest BCUT2D eigenvalue weighted by Gasteiger charge is 2.22. The number of hydrogen-bond acceptors (Lipinski definition) is 5. The molecule has 1 aliphatic heterocycles. The summed E-state index contributed by atoms with van der Waals surface area (Å²) in [5, 5.41) is 11.7. The molecule has 0 bridgehead atoms. The van der Waals surface area contributed by atoms with Gasteiger partial charge in [0.25, 0.3) is 0 Å². The Morgan fingerprint density at radius 2 is 1.78 bits per heavy atom. The van der Waals surface area contributed by atoms with E-state index < -0.39 is 5.97 Å². The third-order valence-corrected chi connectivity index (χ3v) is 5.40. The molecule has 0 radical (unpaired) electrons. The molecule has 0 fully saturated rings. The number of aliphatic imine (C=N–C) groups is 1. The predicted octanol–water partition coefficient (Wildman–Crippen LogP) is 3.97. The first-order chi connectivity index (χ1) is 15.3. The molecule has 7 heteroatoms. The number of isocyanates is 1. The van der Waals surface area contributed by atoms with Gasteiger partial charge in [-0.2, -0.15) is 4.99 Å². The Bertz CT molecular complexity index is 1460. The summed E-state index contributed by atoms with van der Waals surface area (Å²) in [6.45, 7) is 0. The number of hydrogen-bond donors (Lipinski definition) is 1. The van der Waals surface area contributed by atoms with Crippen LogP contribution in [0.2, 0.25) is 0 Å². The number of fused-ring (bicyclic) bond motifs is 2. The van der Waals surface area contributed by atoms with E-state index in [1.165, 1.54) is 12.1 Å². The van der Waals surface area contributed by atoms with Crippen molar-refractivity contribution in [1.82, 2.24) is 4.58 Å². The standard InChI is InChI=1S/C25H21N3O4/c1-27(2)16-6-9-19-22(12-16)32-23-13-17(28(3)4)7-10-20(23)24(19)18-8-5-15(26-14-29)11-21(18)25(30)31/h5-13H,1-4H3/p+1. The maximum absolute atomic E-state index is 12.1. The van der Waals surface area contributed by atoms with E-state index in [1.807, 2.05) is 74.1 Å². The van der Waals surface area contributed by atoms with Crippen LogP contribution in [-0.2, 0) is 4.79 Å². The van der Waals surface area contributed by atoms with E-state index in [-0.39, 0.29) is 11.3 Å². The molecule has 0 unspecified atom stereocenters. The van der Waals surface area contributed by atoms with Gasteiger partial charge in [0.2, 0.25) is 11.4 Å². The summed E-state index contributed by atoms with van der Waals surface area (Å²) in [4.78, 5) is 28.4. The minimum atomic E-state index is -1.11. The minimum Gasteiger partial charge on any atom is -0.478 e. The van der Waals surface area contributed by atoms with Gasteiger partial charge in [0.05, 0.1) is 17.3 Å². The second-order valence-corrected chi connectivity index (χ2v) is 7.86. The third kappa shape index (κ3) is 3.66. The van der Waals surface area contributed by atoms with Gasteiger partial charge in [0.1, 0.15) is 25.4 Å². The summed E-state index contributed by atoms with van der Waals surface area (Å²) in [5.41, 5.74) is 3.93. The third-order valence-electron chi connectivity index (χ3n) is 5.40. The van der Waals surface area contributed by atoms with Crippen molar-refractivity contribution in [2.75, 3.05) is 33.1 Å². The molecule has 1 N–H and O–H groups in total. The Hall–Kier alpha value is -4.22. The highest BCUT2D eigenvalue weighted by atomic mass is 16.4. The molecule has 1 heterocycles. The lowest BCUT2D eigenvalue weighted by Gasteiger charge is -2.19. The molecule has 0 saturated carbocycles. The number of carboxylic acid groups (broad SMARTS) is 1. The van der Waals surface area contributed by atoms with Crippen LogP contribution >= 0.6 is 0 Å².